The van der Waals surface area contributed by atoms with Crippen molar-refractivity contribution in [1.82, 2.24) is 9.78 Å². The predicted molar refractivity (Wildman–Crippen MR) is 76.0 cm³/mol. The van der Waals surface area contributed by atoms with Gasteiger partial charge in [0.15, 0.2) is 0 Å². The first kappa shape index (κ1) is 13.0. The van der Waals surface area contributed by atoms with Crippen molar-refractivity contribution in [2.24, 2.45) is 0 Å². The predicted octanol–water partition coefficient (Wildman–Crippen LogP) is 3.60. The fraction of sp³-hybridized carbons (Fsp3) is 0.357. The minimum atomic E-state index is 0.276. The molecule has 1 aromatic carbocycles. The lowest BCUT2D eigenvalue weighted by Crippen LogP contribution is -2.07. The first-order valence-electron chi connectivity index (χ1n) is 6.07. The molecule has 18 heavy (non-hydrogen) atoms. The number of anilines is 1. The third-order valence-electron chi connectivity index (χ3n) is 3.08. The number of hydrogen-bond donors (Lipinski definition) is 1. The molecule has 0 saturated carbocycles. The Hall–Kier alpha value is -1.48. The quantitative estimate of drug-likeness (QED) is 0.920. The molecule has 0 spiro atoms. The van der Waals surface area contributed by atoms with E-state index in [9.17, 15) is 0 Å². The molecular formula is C14H18ClN3. The molecule has 0 fully saturated rings. The van der Waals surface area contributed by atoms with Crippen LogP contribution in [0.3, 0.4) is 0 Å². The van der Waals surface area contributed by atoms with E-state index in [0.29, 0.717) is 17.4 Å². The Morgan fingerprint density at radius 2 is 2.00 bits per heavy atom. The van der Waals surface area contributed by atoms with Gasteiger partial charge in [-0.2, -0.15) is 5.10 Å². The maximum atomic E-state index is 6.21. The van der Waals surface area contributed by atoms with Gasteiger partial charge in [-0.25, -0.2) is 4.68 Å². The minimum Gasteiger partial charge on any atom is -0.383 e. The second kappa shape index (κ2) is 5.02. The number of hydrogen-bond acceptors (Lipinski definition) is 2. The van der Waals surface area contributed by atoms with E-state index in [-0.39, 0.29) is 5.92 Å². The van der Waals surface area contributed by atoms with Crippen LogP contribution in [0.1, 0.15) is 36.6 Å². The van der Waals surface area contributed by atoms with Crippen LogP contribution in [-0.4, -0.2) is 9.78 Å². The van der Waals surface area contributed by atoms with Gasteiger partial charge in [0.05, 0.1) is 12.2 Å². The number of nitrogens with zero attached hydrogens (tertiary/aromatic N) is 2. The second-order valence-corrected chi connectivity index (χ2v) is 5.20. The first-order valence-corrected chi connectivity index (χ1v) is 6.44. The van der Waals surface area contributed by atoms with Crippen molar-refractivity contribution in [3.63, 3.8) is 0 Å². The van der Waals surface area contributed by atoms with E-state index in [2.05, 4.69) is 38.0 Å². The number of aryl methyl sites for hydroxylation is 1. The van der Waals surface area contributed by atoms with Crippen molar-refractivity contribution in [3.05, 3.63) is 46.1 Å². The van der Waals surface area contributed by atoms with Crippen molar-refractivity contribution in [2.45, 2.75) is 33.2 Å². The number of rotatable bonds is 3. The number of nitrogens with two attached hydrogens (primary N) is 1. The summed E-state index contributed by atoms with van der Waals surface area (Å²) in [5.74, 6) is 0.821. The minimum absolute atomic E-state index is 0.276. The van der Waals surface area contributed by atoms with Gasteiger partial charge in [-0.3, -0.25) is 0 Å². The van der Waals surface area contributed by atoms with Gasteiger partial charge in [-0.15, -0.1) is 0 Å². The van der Waals surface area contributed by atoms with Crippen LogP contribution in [0.5, 0.6) is 0 Å². The largest absolute Gasteiger partial charge is 0.383 e. The molecule has 0 amide bonds. The summed E-state index contributed by atoms with van der Waals surface area (Å²) in [5.41, 5.74) is 9.31. The van der Waals surface area contributed by atoms with Crippen LogP contribution in [0.2, 0.25) is 5.02 Å². The van der Waals surface area contributed by atoms with Gasteiger partial charge >= 0.3 is 0 Å². The van der Waals surface area contributed by atoms with Crippen LogP contribution in [0.4, 0.5) is 5.82 Å². The zero-order valence-corrected chi connectivity index (χ0v) is 11.7. The average Bonchev–Trinajstić information content (AvgIpc) is 2.60. The van der Waals surface area contributed by atoms with Crippen molar-refractivity contribution in [2.75, 3.05) is 5.73 Å². The summed E-state index contributed by atoms with van der Waals surface area (Å²) in [6.45, 7) is 6.86. The van der Waals surface area contributed by atoms with Crippen molar-refractivity contribution < 1.29 is 0 Å². The van der Waals surface area contributed by atoms with Crippen molar-refractivity contribution >= 4 is 17.4 Å². The fourth-order valence-corrected chi connectivity index (χ4v) is 2.26. The van der Waals surface area contributed by atoms with Gasteiger partial charge in [-0.05, 0) is 24.0 Å². The second-order valence-electron chi connectivity index (χ2n) is 4.82. The van der Waals surface area contributed by atoms with Gasteiger partial charge < -0.3 is 5.73 Å². The third kappa shape index (κ3) is 2.36. The summed E-state index contributed by atoms with van der Waals surface area (Å²) < 4.78 is 1.78. The van der Waals surface area contributed by atoms with Gasteiger partial charge in [-0.1, -0.05) is 49.7 Å². The van der Waals surface area contributed by atoms with E-state index in [0.717, 1.165) is 5.69 Å². The zero-order chi connectivity index (χ0) is 13.3. The highest BCUT2D eigenvalue weighted by molar-refractivity contribution is 6.33. The fourth-order valence-electron chi connectivity index (χ4n) is 1.91. The number of benzene rings is 1. The standard InChI is InChI=1S/C14H18ClN3/c1-9(2)13-12(15)14(16)18(17-13)8-11-7-5-4-6-10(11)3/h4-7,9H,8,16H2,1-3H3. The highest BCUT2D eigenvalue weighted by Crippen LogP contribution is 2.29. The van der Waals surface area contributed by atoms with Crippen LogP contribution >= 0.6 is 11.6 Å². The van der Waals surface area contributed by atoms with Crippen LogP contribution in [0, 0.1) is 6.92 Å². The molecule has 0 aliphatic heterocycles. The first-order chi connectivity index (χ1) is 8.50. The molecule has 2 aromatic rings. The molecule has 2 N–H and O–H groups in total. The van der Waals surface area contributed by atoms with Crippen LogP contribution < -0.4 is 5.73 Å². The highest BCUT2D eigenvalue weighted by atomic mass is 35.5. The highest BCUT2D eigenvalue weighted by Gasteiger charge is 2.16. The Labute approximate surface area is 113 Å². The average molecular weight is 264 g/mol. The Morgan fingerprint density at radius 3 is 2.56 bits per heavy atom. The van der Waals surface area contributed by atoms with Crippen LogP contribution in [-0.2, 0) is 6.54 Å². The summed E-state index contributed by atoms with van der Waals surface area (Å²) in [6, 6.07) is 8.21. The molecule has 0 aliphatic carbocycles. The lowest BCUT2D eigenvalue weighted by Gasteiger charge is -2.07. The lowest BCUT2D eigenvalue weighted by atomic mass is 10.1. The lowest BCUT2D eigenvalue weighted by molar-refractivity contribution is 0.662. The molecule has 1 heterocycles. The Balaban J connectivity index is 2.36. The molecule has 0 radical (unpaired) electrons. The number of aromatic nitrogens is 2. The van der Waals surface area contributed by atoms with Crippen molar-refractivity contribution in [3.8, 4) is 0 Å². The number of halogens is 1. The smallest absolute Gasteiger partial charge is 0.141 e. The molecule has 0 atom stereocenters. The Kier molecular flexibility index (Phi) is 3.62. The van der Waals surface area contributed by atoms with E-state index in [1.54, 1.807) is 4.68 Å². The summed E-state index contributed by atoms with van der Waals surface area (Å²) in [7, 11) is 0. The SMILES string of the molecule is Cc1ccccc1Cn1nc(C(C)C)c(Cl)c1N. The summed E-state index contributed by atoms with van der Waals surface area (Å²) in [6.07, 6.45) is 0. The van der Waals surface area contributed by atoms with E-state index < -0.39 is 0 Å². The van der Waals surface area contributed by atoms with E-state index in [4.69, 9.17) is 17.3 Å². The number of nitrogen functional groups attached to an aromatic ring is 1. The molecule has 2 rings (SSSR count). The van der Waals surface area contributed by atoms with Crippen LogP contribution in [0.25, 0.3) is 0 Å². The van der Waals surface area contributed by atoms with Crippen molar-refractivity contribution in [1.29, 1.82) is 0 Å². The molecular weight excluding hydrogens is 246 g/mol. The molecule has 4 heteroatoms. The normalized spacial score (nSPS) is 11.2. The van der Waals surface area contributed by atoms with Gasteiger partial charge in [0.2, 0.25) is 0 Å². The van der Waals surface area contributed by atoms with Gasteiger partial charge in [0, 0.05) is 0 Å². The van der Waals surface area contributed by atoms with E-state index in [1.165, 1.54) is 11.1 Å². The monoisotopic (exact) mass is 263 g/mol. The zero-order valence-electron chi connectivity index (χ0n) is 10.9. The Morgan fingerprint density at radius 1 is 1.33 bits per heavy atom. The summed E-state index contributed by atoms with van der Waals surface area (Å²) in [5, 5.41) is 5.09. The summed E-state index contributed by atoms with van der Waals surface area (Å²) in [4.78, 5) is 0. The molecule has 96 valence electrons. The molecule has 1 aromatic heterocycles. The third-order valence-corrected chi connectivity index (χ3v) is 3.47. The van der Waals surface area contributed by atoms with E-state index in [1.807, 2.05) is 12.1 Å². The summed E-state index contributed by atoms with van der Waals surface area (Å²) >= 11 is 6.21. The molecule has 3 nitrogen and oxygen atoms in total. The van der Waals surface area contributed by atoms with Gasteiger partial charge in [0.1, 0.15) is 10.8 Å². The molecule has 0 aliphatic rings. The Bertz CT molecular complexity index is 558. The van der Waals surface area contributed by atoms with Gasteiger partial charge in [0.25, 0.3) is 0 Å². The molecule has 0 saturated heterocycles. The topological polar surface area (TPSA) is 43.8 Å². The van der Waals surface area contributed by atoms with E-state index >= 15 is 0 Å². The molecule has 0 unspecified atom stereocenters. The maximum absolute atomic E-state index is 6.21. The molecule has 0 bridgehead atoms. The van der Waals surface area contributed by atoms with Crippen LogP contribution in [0.15, 0.2) is 24.3 Å². The maximum Gasteiger partial charge on any atom is 0.141 e.